The number of rotatable bonds is 6. The molecule has 0 amide bonds. The molecule has 1 aromatic rings. The third-order valence-electron chi connectivity index (χ3n) is 3.59. The van der Waals surface area contributed by atoms with Crippen LogP contribution in [0.25, 0.3) is 0 Å². The second-order valence-corrected chi connectivity index (χ2v) is 6.81. The highest BCUT2D eigenvalue weighted by molar-refractivity contribution is 7.88. The summed E-state index contributed by atoms with van der Waals surface area (Å²) in [4.78, 5) is 11.1. The van der Waals surface area contributed by atoms with Gasteiger partial charge in [-0.05, 0) is 18.4 Å². The van der Waals surface area contributed by atoms with Crippen LogP contribution >= 0.6 is 0 Å². The summed E-state index contributed by atoms with van der Waals surface area (Å²) in [5, 5.41) is 9.14. The van der Waals surface area contributed by atoms with Gasteiger partial charge in [-0.15, -0.1) is 0 Å². The SMILES string of the molecule is O=C(O)C1(CNS(=O)(=O)Cc2ccccc2)CCC1. The van der Waals surface area contributed by atoms with Crippen LogP contribution in [0.4, 0.5) is 0 Å². The van der Waals surface area contributed by atoms with Crippen LogP contribution in [0.1, 0.15) is 24.8 Å². The monoisotopic (exact) mass is 283 g/mol. The first-order valence-electron chi connectivity index (χ1n) is 6.18. The van der Waals surface area contributed by atoms with Gasteiger partial charge in [-0.25, -0.2) is 13.1 Å². The molecule has 0 saturated heterocycles. The van der Waals surface area contributed by atoms with Crippen LogP contribution in [0.2, 0.25) is 0 Å². The average molecular weight is 283 g/mol. The Balaban J connectivity index is 1.97. The van der Waals surface area contributed by atoms with E-state index in [4.69, 9.17) is 5.11 Å². The molecular weight excluding hydrogens is 266 g/mol. The summed E-state index contributed by atoms with van der Waals surface area (Å²) in [6.45, 7) is -0.0164. The highest BCUT2D eigenvalue weighted by Crippen LogP contribution is 2.40. The number of aliphatic carboxylic acids is 1. The highest BCUT2D eigenvalue weighted by Gasteiger charge is 2.44. The van der Waals surface area contributed by atoms with Crippen LogP contribution in [0.5, 0.6) is 0 Å². The molecule has 1 aromatic carbocycles. The minimum atomic E-state index is -3.49. The number of sulfonamides is 1. The van der Waals surface area contributed by atoms with E-state index in [1.165, 1.54) is 0 Å². The van der Waals surface area contributed by atoms with E-state index in [1.807, 2.05) is 6.07 Å². The summed E-state index contributed by atoms with van der Waals surface area (Å²) >= 11 is 0. The van der Waals surface area contributed by atoms with Crippen LogP contribution in [0.15, 0.2) is 30.3 Å². The first kappa shape index (κ1) is 14.0. The van der Waals surface area contributed by atoms with Crippen molar-refractivity contribution in [3.8, 4) is 0 Å². The van der Waals surface area contributed by atoms with Crippen LogP contribution in [0.3, 0.4) is 0 Å². The smallest absolute Gasteiger partial charge is 0.310 e. The fourth-order valence-corrected chi connectivity index (χ4v) is 3.39. The zero-order valence-corrected chi connectivity index (χ0v) is 11.3. The largest absolute Gasteiger partial charge is 0.481 e. The lowest BCUT2D eigenvalue weighted by Crippen LogP contribution is -2.47. The van der Waals surface area contributed by atoms with Crippen molar-refractivity contribution in [3.05, 3.63) is 35.9 Å². The van der Waals surface area contributed by atoms with Gasteiger partial charge in [-0.2, -0.15) is 0 Å². The second-order valence-electron chi connectivity index (χ2n) is 5.00. The maximum absolute atomic E-state index is 11.9. The Morgan fingerprint density at radius 3 is 2.37 bits per heavy atom. The topological polar surface area (TPSA) is 83.5 Å². The van der Waals surface area contributed by atoms with Gasteiger partial charge in [0.1, 0.15) is 0 Å². The molecule has 1 fully saturated rings. The second kappa shape index (κ2) is 5.30. The summed E-state index contributed by atoms with van der Waals surface area (Å²) in [7, 11) is -3.49. The fourth-order valence-electron chi connectivity index (χ4n) is 2.16. The van der Waals surface area contributed by atoms with E-state index in [2.05, 4.69) is 4.72 Å². The van der Waals surface area contributed by atoms with Crippen molar-refractivity contribution in [2.75, 3.05) is 6.54 Å². The summed E-state index contributed by atoms with van der Waals surface area (Å²) in [6.07, 6.45) is 1.92. The molecule has 6 heteroatoms. The fraction of sp³-hybridized carbons (Fsp3) is 0.462. The molecule has 2 rings (SSSR count). The molecule has 0 aliphatic heterocycles. The van der Waals surface area contributed by atoms with E-state index < -0.39 is 21.4 Å². The van der Waals surface area contributed by atoms with Crippen molar-refractivity contribution in [2.24, 2.45) is 5.41 Å². The van der Waals surface area contributed by atoms with Gasteiger partial charge in [-0.3, -0.25) is 4.79 Å². The van der Waals surface area contributed by atoms with Crippen molar-refractivity contribution in [1.82, 2.24) is 4.72 Å². The molecule has 104 valence electrons. The molecule has 5 nitrogen and oxygen atoms in total. The summed E-state index contributed by atoms with van der Waals surface area (Å²) in [5.41, 5.74) is -0.211. The zero-order valence-electron chi connectivity index (χ0n) is 10.5. The van der Waals surface area contributed by atoms with Gasteiger partial charge in [0.25, 0.3) is 0 Å². The third kappa shape index (κ3) is 3.33. The Labute approximate surface area is 112 Å². The van der Waals surface area contributed by atoms with Crippen molar-refractivity contribution in [3.63, 3.8) is 0 Å². The quantitative estimate of drug-likeness (QED) is 0.825. The van der Waals surface area contributed by atoms with Gasteiger partial charge in [-0.1, -0.05) is 36.8 Å². The van der Waals surface area contributed by atoms with Crippen molar-refractivity contribution < 1.29 is 18.3 Å². The van der Waals surface area contributed by atoms with E-state index in [9.17, 15) is 13.2 Å². The van der Waals surface area contributed by atoms with Crippen LogP contribution in [-0.2, 0) is 20.6 Å². The molecule has 0 unspecified atom stereocenters. The normalized spacial score (nSPS) is 17.7. The van der Waals surface area contributed by atoms with Crippen molar-refractivity contribution in [1.29, 1.82) is 0 Å². The first-order valence-corrected chi connectivity index (χ1v) is 7.83. The third-order valence-corrected chi connectivity index (χ3v) is 4.89. The molecule has 19 heavy (non-hydrogen) atoms. The molecule has 0 spiro atoms. The molecule has 1 saturated carbocycles. The lowest BCUT2D eigenvalue weighted by atomic mass is 9.69. The molecule has 1 aliphatic rings. The van der Waals surface area contributed by atoms with Gasteiger partial charge in [0.2, 0.25) is 10.0 Å². The van der Waals surface area contributed by atoms with E-state index >= 15 is 0 Å². The summed E-state index contributed by atoms with van der Waals surface area (Å²) in [5.74, 6) is -1.04. The van der Waals surface area contributed by atoms with Crippen molar-refractivity contribution >= 4 is 16.0 Å². The zero-order chi connectivity index (χ0) is 13.9. The van der Waals surface area contributed by atoms with E-state index in [0.717, 1.165) is 6.42 Å². The predicted octanol–water partition coefficient (Wildman–Crippen LogP) is 1.36. The van der Waals surface area contributed by atoms with Crippen LogP contribution in [0, 0.1) is 5.41 Å². The Kier molecular flexibility index (Phi) is 3.91. The summed E-state index contributed by atoms with van der Waals surface area (Å²) < 4.78 is 26.2. The van der Waals surface area contributed by atoms with Crippen LogP contribution < -0.4 is 4.72 Å². The molecule has 1 aliphatic carbocycles. The molecule has 0 aromatic heterocycles. The molecule has 0 atom stereocenters. The van der Waals surface area contributed by atoms with E-state index in [0.29, 0.717) is 18.4 Å². The average Bonchev–Trinajstić information content (AvgIpc) is 2.27. The minimum absolute atomic E-state index is 0.0164. The van der Waals surface area contributed by atoms with Gasteiger partial charge < -0.3 is 5.11 Å². The van der Waals surface area contributed by atoms with Crippen LogP contribution in [-0.4, -0.2) is 26.0 Å². The Morgan fingerprint density at radius 2 is 1.89 bits per heavy atom. The predicted molar refractivity (Wildman–Crippen MR) is 71.0 cm³/mol. The van der Waals surface area contributed by atoms with Gasteiger partial charge in [0.05, 0.1) is 11.2 Å². The van der Waals surface area contributed by atoms with Gasteiger partial charge in [0.15, 0.2) is 0 Å². The Morgan fingerprint density at radius 1 is 1.26 bits per heavy atom. The maximum Gasteiger partial charge on any atom is 0.310 e. The molecular formula is C13H17NO4S. The first-order chi connectivity index (χ1) is 8.94. The van der Waals surface area contributed by atoms with E-state index in [-0.39, 0.29) is 12.3 Å². The molecule has 0 heterocycles. The van der Waals surface area contributed by atoms with Gasteiger partial charge >= 0.3 is 5.97 Å². The Hall–Kier alpha value is -1.40. The van der Waals surface area contributed by atoms with E-state index in [1.54, 1.807) is 24.3 Å². The lowest BCUT2D eigenvalue weighted by Gasteiger charge is -2.37. The maximum atomic E-state index is 11.9. The number of nitrogens with one attached hydrogen (secondary N) is 1. The standard InChI is InChI=1S/C13H17NO4S/c15-12(16)13(7-4-8-13)10-14-19(17,18)9-11-5-2-1-3-6-11/h1-3,5-6,14H,4,7-10H2,(H,15,16). The lowest BCUT2D eigenvalue weighted by molar-refractivity contribution is -0.153. The number of hydrogen-bond donors (Lipinski definition) is 2. The highest BCUT2D eigenvalue weighted by atomic mass is 32.2. The minimum Gasteiger partial charge on any atom is -0.481 e. The molecule has 0 bridgehead atoms. The number of carboxylic acid groups (broad SMARTS) is 1. The van der Waals surface area contributed by atoms with Gasteiger partial charge in [0, 0.05) is 6.54 Å². The number of benzene rings is 1. The Bertz CT molecular complexity index is 549. The molecule has 2 N–H and O–H groups in total. The molecule has 0 radical (unpaired) electrons. The number of carboxylic acids is 1. The van der Waals surface area contributed by atoms with Crippen molar-refractivity contribution in [2.45, 2.75) is 25.0 Å². The summed E-state index contributed by atoms with van der Waals surface area (Å²) in [6, 6.07) is 8.83. The number of hydrogen-bond acceptors (Lipinski definition) is 3. The number of carbonyl (C=O) groups is 1.